The van der Waals surface area contributed by atoms with Gasteiger partial charge in [0.2, 0.25) is 0 Å². The third-order valence-corrected chi connectivity index (χ3v) is 13.9. The van der Waals surface area contributed by atoms with Gasteiger partial charge in [0.05, 0.1) is 28.1 Å². The van der Waals surface area contributed by atoms with Gasteiger partial charge in [0, 0.05) is 43.1 Å². The summed E-state index contributed by atoms with van der Waals surface area (Å²) < 4.78 is 2.42. The van der Waals surface area contributed by atoms with Crippen molar-refractivity contribution in [3.05, 3.63) is 230 Å². The summed E-state index contributed by atoms with van der Waals surface area (Å²) in [5, 5.41) is 7.34. The van der Waals surface area contributed by atoms with Crippen LogP contribution < -0.4 is 10.6 Å². The van der Waals surface area contributed by atoms with Crippen molar-refractivity contribution < 1.29 is 0 Å². The van der Waals surface area contributed by atoms with Crippen LogP contribution in [-0.2, 0) is 0 Å². The maximum absolute atomic E-state index is 6.79. The van der Waals surface area contributed by atoms with E-state index in [0.29, 0.717) is 5.69 Å². The summed E-state index contributed by atoms with van der Waals surface area (Å²) >= 11 is 1.83. The minimum atomic E-state index is -0.297. The largest absolute Gasteiger partial charge is 0.398 e. The highest BCUT2D eigenvalue weighted by molar-refractivity contribution is 7.99. The molecule has 0 aliphatic carbocycles. The SMILES string of the molecule is CC(/N=C(/c1ccc(-c2cccc3ccccc23)cc1)c1ccccc1N)n1c2cc(-c3ccc4c(c3)N(c3ccccc3)c3ccccc3S4)ccc2c2c3ccccc3ccc21. The molecular weight excluding hydrogens is 797 g/mol. The van der Waals surface area contributed by atoms with Crippen molar-refractivity contribution in [2.24, 2.45) is 4.99 Å². The zero-order chi connectivity index (χ0) is 42.7. The lowest BCUT2D eigenvalue weighted by atomic mass is 9.95. The number of aromatic nitrogens is 1. The second kappa shape index (κ2) is 15.5. The first-order chi connectivity index (χ1) is 31.6. The van der Waals surface area contributed by atoms with Crippen LogP contribution in [0.15, 0.2) is 233 Å². The van der Waals surface area contributed by atoms with Gasteiger partial charge in [-0.05, 0) is 105 Å². The normalized spacial score (nSPS) is 13.1. The Morgan fingerprint density at radius 1 is 0.500 bits per heavy atom. The molecule has 0 saturated heterocycles. The highest BCUT2D eigenvalue weighted by Crippen LogP contribution is 2.52. The number of nitrogens with two attached hydrogens (primary N) is 1. The average Bonchev–Trinajstić information content (AvgIpc) is 3.69. The summed E-state index contributed by atoms with van der Waals surface area (Å²) in [5.41, 5.74) is 20.7. The maximum atomic E-state index is 6.79. The molecule has 2 N–H and O–H groups in total. The number of nitrogen functional groups attached to an aromatic ring is 1. The fourth-order valence-corrected chi connectivity index (χ4v) is 10.8. The Bertz CT molecular complexity index is 3620. The predicted molar refractivity (Wildman–Crippen MR) is 272 cm³/mol. The van der Waals surface area contributed by atoms with E-state index in [1.807, 2.05) is 30.0 Å². The van der Waals surface area contributed by atoms with E-state index in [-0.39, 0.29) is 6.17 Å². The molecule has 1 unspecified atom stereocenters. The molecule has 1 aromatic heterocycles. The van der Waals surface area contributed by atoms with Crippen LogP contribution in [0.3, 0.4) is 0 Å². The van der Waals surface area contributed by atoms with E-state index in [1.165, 1.54) is 59.0 Å². The molecule has 1 atom stereocenters. The van der Waals surface area contributed by atoms with Gasteiger partial charge in [-0.2, -0.15) is 0 Å². The third kappa shape index (κ3) is 6.35. The summed E-state index contributed by atoms with van der Waals surface area (Å²) in [6, 6.07) is 78.4. The van der Waals surface area contributed by atoms with Gasteiger partial charge in [0.1, 0.15) is 6.17 Å². The van der Waals surface area contributed by atoms with Gasteiger partial charge >= 0.3 is 0 Å². The van der Waals surface area contributed by atoms with Gasteiger partial charge in [0.25, 0.3) is 0 Å². The number of benzene rings is 10. The molecule has 1 aliphatic rings. The van der Waals surface area contributed by atoms with Crippen molar-refractivity contribution in [2.75, 3.05) is 10.6 Å². The predicted octanol–water partition coefficient (Wildman–Crippen LogP) is 16.0. The molecule has 10 aromatic carbocycles. The van der Waals surface area contributed by atoms with Crippen molar-refractivity contribution in [1.29, 1.82) is 0 Å². The molecule has 304 valence electrons. The molecule has 0 spiro atoms. The molecule has 1 aliphatic heterocycles. The molecule has 0 amide bonds. The summed E-state index contributed by atoms with van der Waals surface area (Å²) in [4.78, 5) is 10.5. The Labute approximate surface area is 376 Å². The minimum Gasteiger partial charge on any atom is -0.398 e. The molecule has 11 aromatic rings. The van der Waals surface area contributed by atoms with E-state index in [1.54, 1.807) is 0 Å². The van der Waals surface area contributed by atoms with Crippen LogP contribution in [0.2, 0.25) is 0 Å². The number of aliphatic imine (C=N–C) groups is 1. The van der Waals surface area contributed by atoms with Gasteiger partial charge in [0.15, 0.2) is 0 Å². The second-order valence-electron chi connectivity index (χ2n) is 16.5. The van der Waals surface area contributed by atoms with Crippen molar-refractivity contribution in [1.82, 2.24) is 4.57 Å². The fraction of sp³-hybridized carbons (Fsp3) is 0.0339. The quantitative estimate of drug-likeness (QED) is 0.128. The summed E-state index contributed by atoms with van der Waals surface area (Å²) in [7, 11) is 0. The topological polar surface area (TPSA) is 46.5 Å². The number of anilines is 4. The molecule has 0 radical (unpaired) electrons. The number of hydrogen-bond acceptors (Lipinski definition) is 4. The number of rotatable bonds is 7. The molecule has 0 fully saturated rings. The average molecular weight is 839 g/mol. The summed E-state index contributed by atoms with van der Waals surface area (Å²) in [6.07, 6.45) is -0.297. The van der Waals surface area contributed by atoms with Gasteiger partial charge < -0.3 is 15.2 Å². The Balaban J connectivity index is 1.02. The van der Waals surface area contributed by atoms with E-state index < -0.39 is 0 Å². The minimum absolute atomic E-state index is 0.297. The van der Waals surface area contributed by atoms with E-state index in [4.69, 9.17) is 10.7 Å². The number of hydrogen-bond donors (Lipinski definition) is 1. The smallest absolute Gasteiger partial charge is 0.123 e. The molecule has 0 bridgehead atoms. The Morgan fingerprint density at radius 3 is 2.00 bits per heavy atom. The maximum Gasteiger partial charge on any atom is 0.123 e. The van der Waals surface area contributed by atoms with Gasteiger partial charge in [-0.25, -0.2) is 0 Å². The highest BCUT2D eigenvalue weighted by Gasteiger charge is 2.26. The standard InChI is InChI=1S/C59H42N4S/c1-38(61-59(49-21-9-10-23-51(49)60)42-28-26-41(27-29-42)47-22-13-16-39-14-5-7-19-46(39)47)62-53-34-31-40-15-6-8-20-48(40)58(53)50-33-30-43(36-54(50)62)44-32-35-57-55(37-44)63(45-17-3-2-4-18-45)52-24-11-12-25-56(52)64-57/h2-38H,60H2,1H3/b61-59-. The molecule has 2 heterocycles. The number of nitrogens with zero attached hydrogens (tertiary/aromatic N) is 3. The Morgan fingerprint density at radius 2 is 1.16 bits per heavy atom. The lowest BCUT2D eigenvalue weighted by Crippen LogP contribution is -2.14. The van der Waals surface area contributed by atoms with Gasteiger partial charge in [-0.1, -0.05) is 176 Å². The zero-order valence-electron chi connectivity index (χ0n) is 35.2. The molecule has 0 saturated carbocycles. The van der Waals surface area contributed by atoms with Crippen molar-refractivity contribution in [3.8, 4) is 22.3 Å². The molecular formula is C59H42N4S. The van der Waals surface area contributed by atoms with Gasteiger partial charge in [-0.3, -0.25) is 4.99 Å². The third-order valence-electron chi connectivity index (χ3n) is 12.7. The van der Waals surface area contributed by atoms with Crippen LogP contribution in [0.4, 0.5) is 22.7 Å². The Hall–Kier alpha value is -7.86. The lowest BCUT2D eigenvalue weighted by Gasteiger charge is -2.33. The van der Waals surface area contributed by atoms with Gasteiger partial charge in [-0.15, -0.1) is 0 Å². The zero-order valence-corrected chi connectivity index (χ0v) is 36.0. The van der Waals surface area contributed by atoms with Crippen molar-refractivity contribution in [2.45, 2.75) is 22.9 Å². The first-order valence-corrected chi connectivity index (χ1v) is 22.6. The first-order valence-electron chi connectivity index (χ1n) is 21.8. The monoisotopic (exact) mass is 838 g/mol. The van der Waals surface area contributed by atoms with Crippen LogP contribution >= 0.6 is 11.8 Å². The van der Waals surface area contributed by atoms with Crippen molar-refractivity contribution >= 4 is 83.6 Å². The number of fused-ring (bicyclic) bond motifs is 8. The Kier molecular flexibility index (Phi) is 9.17. The van der Waals surface area contributed by atoms with E-state index in [0.717, 1.165) is 50.2 Å². The van der Waals surface area contributed by atoms with Crippen LogP contribution in [0, 0.1) is 0 Å². The van der Waals surface area contributed by atoms with E-state index in [2.05, 4.69) is 217 Å². The molecule has 5 heteroatoms. The second-order valence-corrected chi connectivity index (χ2v) is 17.6. The molecule has 4 nitrogen and oxygen atoms in total. The highest BCUT2D eigenvalue weighted by atomic mass is 32.2. The van der Waals surface area contributed by atoms with Crippen LogP contribution in [0.5, 0.6) is 0 Å². The van der Waals surface area contributed by atoms with Crippen LogP contribution in [-0.4, -0.2) is 10.3 Å². The first kappa shape index (κ1) is 37.9. The number of para-hydroxylation sites is 3. The lowest BCUT2D eigenvalue weighted by molar-refractivity contribution is 0.614. The van der Waals surface area contributed by atoms with Crippen LogP contribution in [0.1, 0.15) is 24.2 Å². The molecule has 64 heavy (non-hydrogen) atoms. The van der Waals surface area contributed by atoms with E-state index >= 15 is 0 Å². The van der Waals surface area contributed by atoms with Crippen molar-refractivity contribution in [3.63, 3.8) is 0 Å². The summed E-state index contributed by atoms with van der Waals surface area (Å²) in [5.74, 6) is 0. The summed E-state index contributed by atoms with van der Waals surface area (Å²) in [6.45, 7) is 2.20. The fourth-order valence-electron chi connectivity index (χ4n) is 9.73. The van der Waals surface area contributed by atoms with Crippen LogP contribution in [0.25, 0.3) is 65.6 Å². The molecule has 12 rings (SSSR count). The van der Waals surface area contributed by atoms with E-state index in [9.17, 15) is 0 Å².